The lowest BCUT2D eigenvalue weighted by Gasteiger charge is -2.36. The molecule has 0 saturated carbocycles. The normalized spacial score (nSPS) is 23.2. The van der Waals surface area contributed by atoms with Gasteiger partial charge in [-0.2, -0.15) is 0 Å². The van der Waals surface area contributed by atoms with E-state index in [1.165, 1.54) is 0 Å². The van der Waals surface area contributed by atoms with Crippen LogP contribution in [0.2, 0.25) is 0 Å². The van der Waals surface area contributed by atoms with Crippen LogP contribution in [0.3, 0.4) is 0 Å². The highest BCUT2D eigenvalue weighted by Crippen LogP contribution is 2.25. The number of para-hydroxylation sites is 1. The summed E-state index contributed by atoms with van der Waals surface area (Å²) in [5, 5.41) is 10.6. The third kappa shape index (κ3) is 2.49. The third-order valence-corrected chi connectivity index (χ3v) is 3.70. The van der Waals surface area contributed by atoms with Gasteiger partial charge in [0.05, 0.1) is 24.3 Å². The predicted molar refractivity (Wildman–Crippen MR) is 79.9 cm³/mol. The number of rotatable bonds is 2. The molecule has 0 radical (unpaired) electrons. The molecule has 0 amide bonds. The highest BCUT2D eigenvalue weighted by molar-refractivity contribution is 5.84. The summed E-state index contributed by atoms with van der Waals surface area (Å²) in [6.45, 7) is 5.86. The van der Waals surface area contributed by atoms with Gasteiger partial charge < -0.3 is 14.7 Å². The van der Waals surface area contributed by atoms with Crippen LogP contribution in [0.25, 0.3) is 10.9 Å². The first-order chi connectivity index (χ1) is 9.67. The van der Waals surface area contributed by atoms with Crippen LogP contribution in [-0.2, 0) is 11.3 Å². The van der Waals surface area contributed by atoms with Crippen LogP contribution in [0.1, 0.15) is 19.4 Å². The van der Waals surface area contributed by atoms with Crippen molar-refractivity contribution in [1.82, 2.24) is 4.98 Å². The average molecular weight is 272 g/mol. The van der Waals surface area contributed by atoms with Gasteiger partial charge in [-0.05, 0) is 31.5 Å². The van der Waals surface area contributed by atoms with Crippen LogP contribution >= 0.6 is 0 Å². The molecule has 0 bridgehead atoms. The lowest BCUT2D eigenvalue weighted by Crippen LogP contribution is -2.45. The molecule has 1 fully saturated rings. The Balaban J connectivity index is 2.03. The fourth-order valence-electron chi connectivity index (χ4n) is 2.89. The van der Waals surface area contributed by atoms with E-state index in [1.54, 1.807) is 0 Å². The van der Waals surface area contributed by atoms with E-state index in [9.17, 15) is 5.11 Å². The van der Waals surface area contributed by atoms with Crippen LogP contribution in [0.5, 0.6) is 0 Å². The summed E-state index contributed by atoms with van der Waals surface area (Å²) in [7, 11) is 0. The van der Waals surface area contributed by atoms with Crippen LogP contribution in [0, 0.1) is 0 Å². The molecule has 1 aliphatic heterocycles. The number of ether oxygens (including phenoxy) is 1. The minimum Gasteiger partial charge on any atom is -0.392 e. The Morgan fingerprint density at radius 3 is 2.65 bits per heavy atom. The van der Waals surface area contributed by atoms with Crippen LogP contribution in [0.4, 0.5) is 5.82 Å². The van der Waals surface area contributed by atoms with Gasteiger partial charge in [0.1, 0.15) is 5.82 Å². The second-order valence-corrected chi connectivity index (χ2v) is 5.48. The van der Waals surface area contributed by atoms with Gasteiger partial charge in [0.15, 0.2) is 0 Å². The van der Waals surface area contributed by atoms with Crippen LogP contribution < -0.4 is 4.90 Å². The van der Waals surface area contributed by atoms with E-state index >= 15 is 0 Å². The molecule has 1 N–H and O–H groups in total. The van der Waals surface area contributed by atoms with Crippen molar-refractivity contribution in [2.24, 2.45) is 0 Å². The van der Waals surface area contributed by atoms with E-state index < -0.39 is 0 Å². The fraction of sp³-hybridized carbons (Fsp3) is 0.438. The van der Waals surface area contributed by atoms with E-state index in [4.69, 9.17) is 9.72 Å². The first kappa shape index (κ1) is 13.3. The highest BCUT2D eigenvalue weighted by atomic mass is 16.5. The summed E-state index contributed by atoms with van der Waals surface area (Å²) in [5.74, 6) is 0.926. The number of nitrogens with zero attached hydrogens (tertiary/aromatic N) is 2. The van der Waals surface area contributed by atoms with Crippen LogP contribution in [0.15, 0.2) is 30.3 Å². The van der Waals surface area contributed by atoms with Crippen molar-refractivity contribution in [3.63, 3.8) is 0 Å². The van der Waals surface area contributed by atoms with Crippen molar-refractivity contribution < 1.29 is 9.84 Å². The Labute approximate surface area is 119 Å². The largest absolute Gasteiger partial charge is 0.392 e. The Kier molecular flexibility index (Phi) is 3.59. The molecular formula is C16H20N2O2. The summed E-state index contributed by atoms with van der Waals surface area (Å²) < 4.78 is 5.76. The molecule has 3 rings (SSSR count). The monoisotopic (exact) mass is 272 g/mol. The first-order valence-corrected chi connectivity index (χ1v) is 7.07. The Hall–Kier alpha value is -1.65. The minimum absolute atomic E-state index is 0.0332. The molecule has 1 aliphatic rings. The van der Waals surface area contributed by atoms with Crippen molar-refractivity contribution in [2.45, 2.75) is 32.7 Å². The van der Waals surface area contributed by atoms with Gasteiger partial charge in [0.25, 0.3) is 0 Å². The minimum atomic E-state index is 0.0332. The molecule has 2 heterocycles. The van der Waals surface area contributed by atoms with Crippen molar-refractivity contribution in [2.75, 3.05) is 18.0 Å². The highest BCUT2D eigenvalue weighted by Gasteiger charge is 2.23. The molecule has 4 heteroatoms. The molecule has 1 aromatic carbocycles. The van der Waals surface area contributed by atoms with Gasteiger partial charge in [-0.25, -0.2) is 4.98 Å². The number of hydrogen-bond donors (Lipinski definition) is 1. The van der Waals surface area contributed by atoms with Gasteiger partial charge in [-0.1, -0.05) is 18.2 Å². The van der Waals surface area contributed by atoms with E-state index in [1.807, 2.05) is 30.3 Å². The summed E-state index contributed by atoms with van der Waals surface area (Å²) in [6, 6.07) is 9.94. The number of aliphatic hydroxyl groups is 1. The number of fused-ring (bicyclic) bond motifs is 1. The number of morpholine rings is 1. The molecule has 20 heavy (non-hydrogen) atoms. The van der Waals surface area contributed by atoms with Gasteiger partial charge in [-0.3, -0.25) is 0 Å². The van der Waals surface area contributed by atoms with Crippen molar-refractivity contribution in [1.29, 1.82) is 0 Å². The second kappa shape index (κ2) is 5.38. The Morgan fingerprint density at radius 1 is 1.25 bits per heavy atom. The predicted octanol–water partition coefficient (Wildman–Crippen LogP) is 2.34. The molecule has 1 aromatic heterocycles. The van der Waals surface area contributed by atoms with E-state index in [-0.39, 0.29) is 18.8 Å². The van der Waals surface area contributed by atoms with E-state index in [0.717, 1.165) is 35.4 Å². The zero-order chi connectivity index (χ0) is 14.1. The van der Waals surface area contributed by atoms with E-state index in [0.29, 0.717) is 0 Å². The van der Waals surface area contributed by atoms with E-state index in [2.05, 4.69) is 18.7 Å². The zero-order valence-corrected chi connectivity index (χ0v) is 11.9. The molecule has 0 unspecified atom stereocenters. The Morgan fingerprint density at radius 2 is 1.95 bits per heavy atom. The first-order valence-electron chi connectivity index (χ1n) is 7.07. The molecule has 1 saturated heterocycles. The molecule has 0 aliphatic carbocycles. The Bertz CT molecular complexity index is 604. The number of pyridine rings is 1. The molecule has 106 valence electrons. The average Bonchev–Trinajstić information content (AvgIpc) is 2.45. The zero-order valence-electron chi connectivity index (χ0n) is 11.9. The fourth-order valence-corrected chi connectivity index (χ4v) is 2.89. The van der Waals surface area contributed by atoms with Crippen molar-refractivity contribution in [3.05, 3.63) is 35.9 Å². The lowest BCUT2D eigenvalue weighted by atomic mass is 10.1. The van der Waals surface area contributed by atoms with Crippen LogP contribution in [-0.4, -0.2) is 35.4 Å². The molecular weight excluding hydrogens is 252 g/mol. The number of hydrogen-bond acceptors (Lipinski definition) is 4. The molecule has 2 aromatic rings. The van der Waals surface area contributed by atoms with Gasteiger partial charge in [0.2, 0.25) is 0 Å². The third-order valence-electron chi connectivity index (χ3n) is 3.70. The van der Waals surface area contributed by atoms with Gasteiger partial charge in [0, 0.05) is 18.5 Å². The summed E-state index contributed by atoms with van der Waals surface area (Å²) >= 11 is 0. The number of anilines is 1. The summed E-state index contributed by atoms with van der Waals surface area (Å²) in [5.41, 5.74) is 1.86. The number of benzene rings is 1. The van der Waals surface area contributed by atoms with Crippen molar-refractivity contribution >= 4 is 16.7 Å². The number of aliphatic hydroxyl groups excluding tert-OH is 1. The maximum absolute atomic E-state index is 9.59. The smallest absolute Gasteiger partial charge is 0.129 e. The number of aromatic nitrogens is 1. The quantitative estimate of drug-likeness (QED) is 0.911. The second-order valence-electron chi connectivity index (χ2n) is 5.48. The van der Waals surface area contributed by atoms with Gasteiger partial charge >= 0.3 is 0 Å². The summed E-state index contributed by atoms with van der Waals surface area (Å²) in [6.07, 6.45) is 0.397. The standard InChI is InChI=1S/C16H20N2O2/c1-11-8-18(9-12(2)20-11)16-7-13(10-19)14-5-3-4-6-15(14)17-16/h3-7,11-12,19H,8-10H2,1-2H3/t11-,12+. The molecule has 4 nitrogen and oxygen atoms in total. The summed E-state index contributed by atoms with van der Waals surface area (Å²) in [4.78, 5) is 6.98. The lowest BCUT2D eigenvalue weighted by molar-refractivity contribution is -0.00544. The van der Waals surface area contributed by atoms with Crippen molar-refractivity contribution in [3.8, 4) is 0 Å². The maximum atomic E-state index is 9.59. The maximum Gasteiger partial charge on any atom is 0.129 e. The molecule has 0 spiro atoms. The van der Waals surface area contributed by atoms with Gasteiger partial charge in [-0.15, -0.1) is 0 Å². The molecule has 2 atom stereocenters. The topological polar surface area (TPSA) is 45.6 Å². The SMILES string of the molecule is C[C@@H]1CN(c2cc(CO)c3ccccc3n2)C[C@H](C)O1.